The Morgan fingerprint density at radius 2 is 1.59 bits per heavy atom. The number of carbonyl (C=O) groups is 2. The van der Waals surface area contributed by atoms with E-state index < -0.39 is 5.97 Å². The van der Waals surface area contributed by atoms with Gasteiger partial charge in [-0.3, -0.25) is 4.79 Å². The maximum absolute atomic E-state index is 12.4. The zero-order chi connectivity index (χ0) is 24.2. The van der Waals surface area contributed by atoms with Crippen molar-refractivity contribution in [1.29, 1.82) is 0 Å². The minimum Gasteiger partial charge on any atom is -0.495 e. The Hall–Kier alpha value is -3.80. The highest BCUT2D eigenvalue weighted by Crippen LogP contribution is 2.26. The number of ether oxygens (including phenoxy) is 2. The van der Waals surface area contributed by atoms with E-state index in [2.05, 4.69) is 29.6 Å². The van der Waals surface area contributed by atoms with Gasteiger partial charge in [0.2, 0.25) is 5.91 Å². The monoisotopic (exact) mass is 461 g/mol. The molecule has 0 heterocycles. The quantitative estimate of drug-likeness (QED) is 0.316. The van der Waals surface area contributed by atoms with Gasteiger partial charge in [-0.1, -0.05) is 42.5 Å². The van der Waals surface area contributed by atoms with E-state index in [1.54, 1.807) is 0 Å². The number of carboxylic acid groups (broad SMARTS) is 1. The van der Waals surface area contributed by atoms with Crippen LogP contribution in [0.25, 0.3) is 0 Å². The number of amides is 1. The van der Waals surface area contributed by atoms with Crippen LogP contribution in [-0.2, 0) is 17.6 Å². The highest BCUT2D eigenvalue weighted by Gasteiger charge is 2.12. The first kappa shape index (κ1) is 24.8. The summed E-state index contributed by atoms with van der Waals surface area (Å²) in [5.41, 5.74) is 2.83. The number of rotatable bonds is 13. The average Bonchev–Trinajstić information content (AvgIpc) is 2.86. The van der Waals surface area contributed by atoms with Crippen LogP contribution in [0.5, 0.6) is 11.5 Å². The maximum Gasteiger partial charge on any atom is 0.335 e. The summed E-state index contributed by atoms with van der Waals surface area (Å²) in [6.45, 7) is 0.688. The molecule has 2 N–H and O–H groups in total. The number of hydrogen-bond acceptors (Lipinski definition) is 4. The van der Waals surface area contributed by atoms with Crippen LogP contribution >= 0.6 is 0 Å². The average molecular weight is 462 g/mol. The predicted molar refractivity (Wildman–Crippen MR) is 133 cm³/mol. The van der Waals surface area contributed by atoms with Gasteiger partial charge in [0, 0.05) is 6.42 Å². The Bertz CT molecular complexity index is 1060. The molecule has 0 saturated heterocycles. The number of aryl methyl sites for hydroxylation is 2. The van der Waals surface area contributed by atoms with Gasteiger partial charge in [0.05, 0.1) is 25.0 Å². The smallest absolute Gasteiger partial charge is 0.335 e. The van der Waals surface area contributed by atoms with Gasteiger partial charge in [0.15, 0.2) is 0 Å². The van der Waals surface area contributed by atoms with E-state index in [1.165, 1.54) is 30.9 Å². The Labute approximate surface area is 200 Å². The van der Waals surface area contributed by atoms with Crippen LogP contribution in [-0.4, -0.2) is 30.7 Å². The highest BCUT2D eigenvalue weighted by molar-refractivity contribution is 5.95. The van der Waals surface area contributed by atoms with Crippen LogP contribution in [0.4, 0.5) is 5.69 Å². The second-order valence-corrected chi connectivity index (χ2v) is 8.06. The summed E-state index contributed by atoms with van der Waals surface area (Å²) in [7, 11) is 1.47. The molecule has 1 amide bonds. The summed E-state index contributed by atoms with van der Waals surface area (Å²) in [4.78, 5) is 23.6. The molecule has 0 spiro atoms. The van der Waals surface area contributed by atoms with E-state index >= 15 is 0 Å². The fraction of sp³-hybridized carbons (Fsp3) is 0.286. The van der Waals surface area contributed by atoms with Crippen LogP contribution in [0.3, 0.4) is 0 Å². The first-order valence-corrected chi connectivity index (χ1v) is 11.5. The van der Waals surface area contributed by atoms with Crippen LogP contribution in [0, 0.1) is 0 Å². The standard InChI is InChI=1S/C28H31NO5/c1-33-26-17-14-23(28(31)32)20-25(26)29-27(30)18-13-22-11-15-24(16-12-22)34-19-7-3-6-10-21-8-4-2-5-9-21/h2,4-5,8-9,11-12,14-17,20H,3,6-7,10,13,18-19H2,1H3,(H,29,30)(H,31,32). The number of aromatic carboxylic acids is 1. The minimum atomic E-state index is -1.06. The molecule has 3 aromatic rings. The third-order valence-electron chi connectivity index (χ3n) is 5.51. The Kier molecular flexibility index (Phi) is 9.52. The van der Waals surface area contributed by atoms with Gasteiger partial charge in [-0.15, -0.1) is 0 Å². The van der Waals surface area contributed by atoms with E-state index in [0.29, 0.717) is 24.5 Å². The summed E-state index contributed by atoms with van der Waals surface area (Å²) < 4.78 is 11.0. The summed E-state index contributed by atoms with van der Waals surface area (Å²) >= 11 is 0. The SMILES string of the molecule is COc1ccc(C(=O)O)cc1NC(=O)CCc1ccc(OCCCCCc2ccccc2)cc1. The molecule has 0 aliphatic rings. The summed E-state index contributed by atoms with van der Waals surface area (Å²) in [6, 6.07) is 22.7. The molecule has 0 unspecified atom stereocenters. The number of benzene rings is 3. The van der Waals surface area contributed by atoms with Gasteiger partial charge in [-0.25, -0.2) is 4.79 Å². The largest absolute Gasteiger partial charge is 0.495 e. The molecule has 0 radical (unpaired) electrons. The van der Waals surface area contributed by atoms with Crippen LogP contribution in [0.1, 0.15) is 47.2 Å². The first-order chi connectivity index (χ1) is 16.5. The second-order valence-electron chi connectivity index (χ2n) is 8.06. The zero-order valence-corrected chi connectivity index (χ0v) is 19.5. The summed E-state index contributed by atoms with van der Waals surface area (Å²) in [5, 5.41) is 11.9. The van der Waals surface area contributed by atoms with Crippen molar-refractivity contribution >= 4 is 17.6 Å². The maximum atomic E-state index is 12.4. The minimum absolute atomic E-state index is 0.0860. The number of nitrogens with one attached hydrogen (secondary N) is 1. The molecule has 3 rings (SSSR count). The van der Waals surface area contributed by atoms with Crippen LogP contribution in [0.2, 0.25) is 0 Å². The van der Waals surface area contributed by atoms with Crippen molar-refractivity contribution in [2.45, 2.75) is 38.5 Å². The fourth-order valence-corrected chi connectivity index (χ4v) is 3.60. The van der Waals surface area contributed by atoms with Crippen molar-refractivity contribution in [3.8, 4) is 11.5 Å². The number of hydrogen-bond donors (Lipinski definition) is 2. The molecular formula is C28H31NO5. The molecule has 0 atom stereocenters. The van der Waals surface area contributed by atoms with Crippen molar-refractivity contribution in [2.24, 2.45) is 0 Å². The van der Waals surface area contributed by atoms with E-state index in [9.17, 15) is 9.59 Å². The van der Waals surface area contributed by atoms with Gasteiger partial charge in [0.1, 0.15) is 11.5 Å². The van der Waals surface area contributed by atoms with E-state index in [-0.39, 0.29) is 17.9 Å². The normalized spacial score (nSPS) is 10.5. The van der Waals surface area contributed by atoms with Gasteiger partial charge in [-0.2, -0.15) is 0 Å². The predicted octanol–water partition coefficient (Wildman–Crippen LogP) is 5.76. The van der Waals surface area contributed by atoms with Gasteiger partial charge < -0.3 is 19.9 Å². The molecule has 6 nitrogen and oxygen atoms in total. The topological polar surface area (TPSA) is 84.9 Å². The zero-order valence-electron chi connectivity index (χ0n) is 19.5. The first-order valence-electron chi connectivity index (χ1n) is 11.5. The van der Waals surface area contributed by atoms with Gasteiger partial charge in [-0.05, 0) is 73.6 Å². The number of anilines is 1. The Morgan fingerprint density at radius 1 is 0.853 bits per heavy atom. The lowest BCUT2D eigenvalue weighted by atomic mass is 10.1. The lowest BCUT2D eigenvalue weighted by Gasteiger charge is -2.11. The summed E-state index contributed by atoms with van der Waals surface area (Å²) in [5.74, 6) is -0.0317. The number of methoxy groups -OCH3 is 1. The molecule has 3 aromatic carbocycles. The Morgan fingerprint density at radius 3 is 2.29 bits per heavy atom. The molecule has 0 bridgehead atoms. The fourth-order valence-electron chi connectivity index (χ4n) is 3.60. The second kappa shape index (κ2) is 13.0. The van der Waals surface area contributed by atoms with E-state index in [1.807, 2.05) is 30.3 Å². The van der Waals surface area contributed by atoms with Crippen molar-refractivity contribution in [2.75, 3.05) is 19.0 Å². The summed E-state index contributed by atoms with van der Waals surface area (Å²) in [6.07, 6.45) is 5.22. The number of carbonyl (C=O) groups excluding carboxylic acids is 1. The lowest BCUT2D eigenvalue weighted by molar-refractivity contribution is -0.116. The number of carboxylic acids is 1. The third-order valence-corrected chi connectivity index (χ3v) is 5.51. The van der Waals surface area contributed by atoms with E-state index in [0.717, 1.165) is 37.0 Å². The molecule has 0 aliphatic heterocycles. The van der Waals surface area contributed by atoms with Crippen molar-refractivity contribution in [3.63, 3.8) is 0 Å². The lowest BCUT2D eigenvalue weighted by Crippen LogP contribution is -2.13. The van der Waals surface area contributed by atoms with E-state index in [4.69, 9.17) is 14.6 Å². The molecule has 34 heavy (non-hydrogen) atoms. The van der Waals surface area contributed by atoms with Crippen LogP contribution < -0.4 is 14.8 Å². The van der Waals surface area contributed by atoms with Crippen molar-refractivity contribution in [3.05, 3.63) is 89.5 Å². The van der Waals surface area contributed by atoms with Crippen LogP contribution in [0.15, 0.2) is 72.8 Å². The third kappa shape index (κ3) is 7.96. The molecule has 6 heteroatoms. The van der Waals surface area contributed by atoms with Crippen molar-refractivity contribution in [1.82, 2.24) is 0 Å². The molecule has 0 fully saturated rings. The molecule has 178 valence electrons. The Balaban J connectivity index is 1.37. The molecule has 0 saturated carbocycles. The molecular weight excluding hydrogens is 430 g/mol. The van der Waals surface area contributed by atoms with Crippen molar-refractivity contribution < 1.29 is 24.2 Å². The van der Waals surface area contributed by atoms with Gasteiger partial charge in [0.25, 0.3) is 0 Å². The molecule has 0 aliphatic carbocycles. The number of unbranched alkanes of at least 4 members (excludes halogenated alkanes) is 2. The highest BCUT2D eigenvalue weighted by atomic mass is 16.5. The molecule has 0 aromatic heterocycles. The van der Waals surface area contributed by atoms with Gasteiger partial charge >= 0.3 is 5.97 Å².